The van der Waals surface area contributed by atoms with Crippen molar-refractivity contribution in [3.8, 4) is 5.75 Å². The van der Waals surface area contributed by atoms with Crippen LogP contribution in [0.3, 0.4) is 0 Å². The number of ether oxygens (including phenoxy) is 1. The van der Waals surface area contributed by atoms with Crippen molar-refractivity contribution in [2.45, 2.75) is 38.8 Å². The number of nitrogens with two attached hydrogens (primary N) is 1. The minimum atomic E-state index is -0.243. The average Bonchev–Trinajstić information content (AvgIpc) is 2.98. The highest BCUT2D eigenvalue weighted by Gasteiger charge is 2.23. The van der Waals surface area contributed by atoms with Gasteiger partial charge in [-0.1, -0.05) is 26.0 Å². The van der Waals surface area contributed by atoms with E-state index in [1.807, 2.05) is 31.2 Å². The first-order chi connectivity index (χ1) is 9.24. The van der Waals surface area contributed by atoms with E-state index in [1.165, 1.54) is 5.56 Å². The zero-order chi connectivity index (χ0) is 13.7. The van der Waals surface area contributed by atoms with E-state index in [9.17, 15) is 0 Å². The molecule has 3 heteroatoms. The fraction of sp³-hybridized carbons (Fsp3) is 0.375. The second kappa shape index (κ2) is 6.43. The van der Waals surface area contributed by atoms with E-state index >= 15 is 0 Å². The first-order valence-corrected chi connectivity index (χ1v) is 6.79. The summed E-state index contributed by atoms with van der Waals surface area (Å²) in [7, 11) is 0. The molecule has 0 aliphatic heterocycles. The Morgan fingerprint density at radius 3 is 2.42 bits per heavy atom. The van der Waals surface area contributed by atoms with Crippen LogP contribution in [0.5, 0.6) is 5.75 Å². The number of aryl methyl sites for hydroxylation is 1. The smallest absolute Gasteiger partial charge is 0.171 e. The third kappa shape index (κ3) is 3.38. The molecule has 0 fully saturated rings. The van der Waals surface area contributed by atoms with Gasteiger partial charge in [0.05, 0.1) is 6.26 Å². The molecule has 2 atom stereocenters. The normalized spacial score (nSPS) is 14.1. The Hall–Kier alpha value is -1.74. The lowest BCUT2D eigenvalue weighted by Gasteiger charge is -2.22. The molecule has 0 aliphatic carbocycles. The van der Waals surface area contributed by atoms with Crippen molar-refractivity contribution in [2.75, 3.05) is 0 Å². The molecule has 2 N–H and O–H groups in total. The molecule has 102 valence electrons. The number of hydrogen-bond acceptors (Lipinski definition) is 3. The quantitative estimate of drug-likeness (QED) is 0.860. The SMILES string of the molecule is CCc1ccc(OC(c2ccco2)C(N)CC)cc1. The highest BCUT2D eigenvalue weighted by Crippen LogP contribution is 2.26. The minimum Gasteiger partial charge on any atom is -0.481 e. The van der Waals surface area contributed by atoms with Crippen LogP contribution >= 0.6 is 0 Å². The summed E-state index contributed by atoms with van der Waals surface area (Å²) in [5.41, 5.74) is 7.42. The topological polar surface area (TPSA) is 48.4 Å². The van der Waals surface area contributed by atoms with Gasteiger partial charge >= 0.3 is 0 Å². The molecule has 1 aromatic heterocycles. The lowest BCUT2D eigenvalue weighted by Crippen LogP contribution is -2.31. The molecule has 19 heavy (non-hydrogen) atoms. The van der Waals surface area contributed by atoms with Gasteiger partial charge in [0.2, 0.25) is 0 Å². The van der Waals surface area contributed by atoms with Gasteiger partial charge < -0.3 is 14.9 Å². The van der Waals surface area contributed by atoms with Crippen LogP contribution in [0, 0.1) is 0 Å². The predicted molar refractivity (Wildman–Crippen MR) is 76.2 cm³/mol. The molecule has 0 spiro atoms. The third-order valence-corrected chi connectivity index (χ3v) is 3.28. The minimum absolute atomic E-state index is 0.0861. The highest BCUT2D eigenvalue weighted by atomic mass is 16.5. The van der Waals surface area contributed by atoms with E-state index in [1.54, 1.807) is 6.26 Å². The van der Waals surface area contributed by atoms with Crippen LogP contribution < -0.4 is 10.5 Å². The maximum absolute atomic E-state index is 6.13. The Kier molecular flexibility index (Phi) is 4.63. The molecule has 2 unspecified atom stereocenters. The van der Waals surface area contributed by atoms with Gasteiger partial charge in [0.15, 0.2) is 6.10 Å². The van der Waals surface area contributed by atoms with Gasteiger partial charge in [-0.15, -0.1) is 0 Å². The number of benzene rings is 1. The summed E-state index contributed by atoms with van der Waals surface area (Å²) in [6, 6.07) is 11.8. The molecular weight excluding hydrogens is 238 g/mol. The van der Waals surface area contributed by atoms with Gasteiger partial charge in [0.25, 0.3) is 0 Å². The molecule has 2 aromatic rings. The molecule has 0 saturated carbocycles. The van der Waals surface area contributed by atoms with E-state index in [-0.39, 0.29) is 12.1 Å². The largest absolute Gasteiger partial charge is 0.481 e. The lowest BCUT2D eigenvalue weighted by molar-refractivity contribution is 0.144. The Balaban J connectivity index is 2.15. The Morgan fingerprint density at radius 1 is 1.16 bits per heavy atom. The van der Waals surface area contributed by atoms with Gasteiger partial charge in [0.1, 0.15) is 11.5 Å². The lowest BCUT2D eigenvalue weighted by atomic mass is 10.1. The summed E-state index contributed by atoms with van der Waals surface area (Å²) in [4.78, 5) is 0. The van der Waals surface area contributed by atoms with Crippen molar-refractivity contribution >= 4 is 0 Å². The number of furan rings is 1. The van der Waals surface area contributed by atoms with Crippen molar-refractivity contribution in [1.29, 1.82) is 0 Å². The summed E-state index contributed by atoms with van der Waals surface area (Å²) >= 11 is 0. The standard InChI is InChI=1S/C16H21NO2/c1-3-12-7-9-13(10-8-12)19-16(14(17)4-2)15-6-5-11-18-15/h5-11,14,16H,3-4,17H2,1-2H3. The van der Waals surface area contributed by atoms with E-state index in [0.29, 0.717) is 0 Å². The molecular formula is C16H21NO2. The molecule has 0 radical (unpaired) electrons. The van der Waals surface area contributed by atoms with Crippen LogP contribution in [0.4, 0.5) is 0 Å². The third-order valence-electron chi connectivity index (χ3n) is 3.28. The monoisotopic (exact) mass is 259 g/mol. The molecule has 2 rings (SSSR count). The van der Waals surface area contributed by atoms with Crippen molar-refractivity contribution in [3.05, 3.63) is 54.0 Å². The van der Waals surface area contributed by atoms with Gasteiger partial charge in [-0.2, -0.15) is 0 Å². The molecule has 1 heterocycles. The van der Waals surface area contributed by atoms with Crippen molar-refractivity contribution in [2.24, 2.45) is 5.73 Å². The first kappa shape index (κ1) is 13.7. The maximum Gasteiger partial charge on any atom is 0.171 e. The van der Waals surface area contributed by atoms with Crippen LogP contribution in [0.15, 0.2) is 47.1 Å². The number of rotatable bonds is 6. The molecule has 3 nitrogen and oxygen atoms in total. The van der Waals surface area contributed by atoms with Crippen molar-refractivity contribution < 1.29 is 9.15 Å². The van der Waals surface area contributed by atoms with Crippen LogP contribution in [0.1, 0.15) is 37.7 Å². The molecule has 0 saturated heterocycles. The second-order valence-electron chi connectivity index (χ2n) is 4.62. The summed E-state index contributed by atoms with van der Waals surface area (Å²) < 4.78 is 11.4. The van der Waals surface area contributed by atoms with Gasteiger partial charge in [0, 0.05) is 6.04 Å². The summed E-state index contributed by atoms with van der Waals surface area (Å²) in [6.07, 6.45) is 3.26. The highest BCUT2D eigenvalue weighted by molar-refractivity contribution is 5.28. The zero-order valence-corrected chi connectivity index (χ0v) is 11.5. The summed E-state index contributed by atoms with van der Waals surface area (Å²) in [5.74, 6) is 1.59. The molecule has 0 bridgehead atoms. The van der Waals surface area contributed by atoms with E-state index < -0.39 is 0 Å². The fourth-order valence-corrected chi connectivity index (χ4v) is 1.97. The fourth-order valence-electron chi connectivity index (χ4n) is 1.97. The average molecular weight is 259 g/mol. The van der Waals surface area contributed by atoms with Crippen LogP contribution in [0.2, 0.25) is 0 Å². The van der Waals surface area contributed by atoms with Crippen molar-refractivity contribution in [1.82, 2.24) is 0 Å². The van der Waals surface area contributed by atoms with Crippen molar-refractivity contribution in [3.63, 3.8) is 0 Å². The Bertz CT molecular complexity index is 476. The van der Waals surface area contributed by atoms with Crippen LogP contribution in [-0.4, -0.2) is 6.04 Å². The molecule has 0 aliphatic rings. The first-order valence-electron chi connectivity index (χ1n) is 6.79. The zero-order valence-electron chi connectivity index (χ0n) is 11.5. The Morgan fingerprint density at radius 2 is 1.89 bits per heavy atom. The Labute approximate surface area is 114 Å². The van der Waals surface area contributed by atoms with E-state index in [0.717, 1.165) is 24.4 Å². The number of hydrogen-bond donors (Lipinski definition) is 1. The van der Waals surface area contributed by atoms with Gasteiger partial charge in [-0.05, 0) is 42.7 Å². The summed E-state index contributed by atoms with van der Waals surface area (Å²) in [5, 5.41) is 0. The van der Waals surface area contributed by atoms with E-state index in [2.05, 4.69) is 19.1 Å². The second-order valence-corrected chi connectivity index (χ2v) is 4.62. The van der Waals surface area contributed by atoms with Crippen LogP contribution in [0.25, 0.3) is 0 Å². The van der Waals surface area contributed by atoms with E-state index in [4.69, 9.17) is 14.9 Å². The summed E-state index contributed by atoms with van der Waals surface area (Å²) in [6.45, 7) is 4.18. The van der Waals surface area contributed by atoms with Gasteiger partial charge in [-0.25, -0.2) is 0 Å². The predicted octanol–water partition coefficient (Wildman–Crippen LogP) is 3.70. The molecule has 1 aromatic carbocycles. The van der Waals surface area contributed by atoms with Crippen LogP contribution in [-0.2, 0) is 6.42 Å². The maximum atomic E-state index is 6.13. The molecule has 0 amide bonds. The van der Waals surface area contributed by atoms with Gasteiger partial charge in [-0.3, -0.25) is 0 Å².